The van der Waals surface area contributed by atoms with Crippen LogP contribution in [-0.2, 0) is 26.0 Å². The van der Waals surface area contributed by atoms with Crippen LogP contribution in [0.5, 0.6) is 0 Å². The fourth-order valence-electron chi connectivity index (χ4n) is 1.16. The van der Waals surface area contributed by atoms with Gasteiger partial charge in [0.15, 0.2) is 0 Å². The number of carbonyl (C=O) groups excluding carboxylic acids is 1. The van der Waals surface area contributed by atoms with Gasteiger partial charge in [-0.2, -0.15) is 0 Å². The van der Waals surface area contributed by atoms with E-state index in [2.05, 4.69) is 9.72 Å². The first-order chi connectivity index (χ1) is 8.17. The van der Waals surface area contributed by atoms with Crippen molar-refractivity contribution in [1.82, 2.24) is 4.98 Å². The Morgan fingerprint density at radius 1 is 1.41 bits per heavy atom. The Bertz CT molecular complexity index is 391. The van der Waals surface area contributed by atoms with Gasteiger partial charge in [0.1, 0.15) is 0 Å². The summed E-state index contributed by atoms with van der Waals surface area (Å²) in [5.74, 6) is 0.423. The molecule has 17 heavy (non-hydrogen) atoms. The lowest BCUT2D eigenvalue weighted by Crippen LogP contribution is -2.08. The van der Waals surface area contributed by atoms with Gasteiger partial charge in [0, 0.05) is 29.9 Å². The molecule has 1 aromatic heterocycles. The Kier molecular flexibility index (Phi) is 5.79. The number of nitrogens with zero attached hydrogens (tertiary/aromatic N) is 1. The lowest BCUT2D eigenvalue weighted by atomic mass is 10.2. The van der Waals surface area contributed by atoms with E-state index in [0.717, 1.165) is 0 Å². The summed E-state index contributed by atoms with van der Waals surface area (Å²) in [5.41, 5.74) is 1.08. The normalized spacial score (nSPS) is 12.1. The van der Waals surface area contributed by atoms with E-state index >= 15 is 0 Å². The van der Waals surface area contributed by atoms with Gasteiger partial charge in [-0.05, 0) is 12.1 Å². The predicted molar refractivity (Wildman–Crippen MR) is 64.2 cm³/mol. The van der Waals surface area contributed by atoms with Crippen LogP contribution >= 0.6 is 0 Å². The second kappa shape index (κ2) is 7.13. The summed E-state index contributed by atoms with van der Waals surface area (Å²) in [7, 11) is 1.89. The summed E-state index contributed by atoms with van der Waals surface area (Å²) in [6, 6.07) is 3.29. The molecule has 1 atom stereocenters. The van der Waals surface area contributed by atoms with E-state index in [9.17, 15) is 9.00 Å². The highest BCUT2D eigenvalue weighted by molar-refractivity contribution is 7.84. The number of hydrogen-bond acceptors (Lipinski definition) is 5. The first-order valence-electron chi connectivity index (χ1n) is 5.04. The van der Waals surface area contributed by atoms with Crippen LogP contribution in [0.15, 0.2) is 18.3 Å². The fourth-order valence-corrected chi connectivity index (χ4v) is 2.16. The zero-order valence-electron chi connectivity index (χ0n) is 9.84. The molecule has 0 aliphatic carbocycles. The van der Waals surface area contributed by atoms with Gasteiger partial charge in [0.25, 0.3) is 0 Å². The summed E-state index contributed by atoms with van der Waals surface area (Å²) in [6.07, 6.45) is 1.43. The SMILES string of the molecule is COCCS(=O)Cc1ccc(C(=O)OC)cn1. The first kappa shape index (κ1) is 13.8. The third-order valence-corrected chi connectivity index (χ3v) is 3.31. The number of esters is 1. The largest absolute Gasteiger partial charge is 0.465 e. The minimum atomic E-state index is -0.994. The molecule has 5 nitrogen and oxygen atoms in total. The Balaban J connectivity index is 2.56. The molecule has 6 heteroatoms. The number of methoxy groups -OCH3 is 2. The maximum absolute atomic E-state index is 11.5. The van der Waals surface area contributed by atoms with Crippen molar-refractivity contribution in [3.8, 4) is 0 Å². The van der Waals surface area contributed by atoms with Crippen molar-refractivity contribution >= 4 is 16.8 Å². The molecule has 0 radical (unpaired) electrons. The van der Waals surface area contributed by atoms with Crippen molar-refractivity contribution in [2.75, 3.05) is 26.6 Å². The lowest BCUT2D eigenvalue weighted by Gasteiger charge is -2.02. The van der Waals surface area contributed by atoms with Gasteiger partial charge in [-0.3, -0.25) is 9.19 Å². The lowest BCUT2D eigenvalue weighted by molar-refractivity contribution is 0.0600. The van der Waals surface area contributed by atoms with Gasteiger partial charge in [-0.25, -0.2) is 4.79 Å². The van der Waals surface area contributed by atoms with E-state index < -0.39 is 16.8 Å². The standard InChI is InChI=1S/C11H15NO4S/c1-15-5-6-17(14)8-10-4-3-9(7-12-10)11(13)16-2/h3-4,7H,5-6,8H2,1-2H3. The van der Waals surface area contributed by atoms with Gasteiger partial charge in [-0.1, -0.05) is 0 Å². The second-order valence-corrected chi connectivity index (χ2v) is 4.89. The molecule has 1 unspecified atom stereocenters. The predicted octanol–water partition coefficient (Wildman–Crippen LogP) is 0.763. The zero-order valence-corrected chi connectivity index (χ0v) is 10.7. The van der Waals surface area contributed by atoms with Gasteiger partial charge in [0.05, 0.1) is 30.7 Å². The summed E-state index contributed by atoms with van der Waals surface area (Å²) >= 11 is 0. The molecule has 0 fully saturated rings. The van der Waals surface area contributed by atoms with E-state index in [1.54, 1.807) is 19.2 Å². The van der Waals surface area contributed by atoms with Crippen LogP contribution in [0.1, 0.15) is 16.1 Å². The maximum Gasteiger partial charge on any atom is 0.339 e. The maximum atomic E-state index is 11.5. The molecule has 0 saturated heterocycles. The fraction of sp³-hybridized carbons (Fsp3) is 0.455. The van der Waals surface area contributed by atoms with Crippen molar-refractivity contribution < 1.29 is 18.5 Å². The van der Waals surface area contributed by atoms with Crippen LogP contribution in [-0.4, -0.2) is 41.7 Å². The van der Waals surface area contributed by atoms with Crippen molar-refractivity contribution in [1.29, 1.82) is 0 Å². The first-order valence-corrected chi connectivity index (χ1v) is 6.53. The summed E-state index contributed by atoms with van der Waals surface area (Å²) < 4.78 is 20.9. The van der Waals surface area contributed by atoms with Crippen molar-refractivity contribution in [2.45, 2.75) is 5.75 Å². The molecule has 1 aromatic rings. The van der Waals surface area contributed by atoms with E-state index in [1.165, 1.54) is 13.3 Å². The van der Waals surface area contributed by atoms with E-state index in [-0.39, 0.29) is 0 Å². The van der Waals surface area contributed by atoms with Gasteiger partial charge >= 0.3 is 5.97 Å². The van der Waals surface area contributed by atoms with Crippen molar-refractivity contribution in [3.63, 3.8) is 0 Å². The topological polar surface area (TPSA) is 65.5 Å². The van der Waals surface area contributed by atoms with Crippen LogP contribution < -0.4 is 0 Å². The minimum Gasteiger partial charge on any atom is -0.465 e. The Hall–Kier alpha value is -1.27. The number of carbonyl (C=O) groups is 1. The highest BCUT2D eigenvalue weighted by Gasteiger charge is 2.07. The molecule has 0 N–H and O–H groups in total. The molecule has 94 valence electrons. The molecule has 1 rings (SSSR count). The number of ether oxygens (including phenoxy) is 2. The second-order valence-electron chi connectivity index (χ2n) is 3.31. The monoisotopic (exact) mass is 257 g/mol. The average molecular weight is 257 g/mol. The molecule has 0 saturated carbocycles. The number of aromatic nitrogens is 1. The third kappa shape index (κ3) is 4.62. The van der Waals surface area contributed by atoms with Gasteiger partial charge < -0.3 is 9.47 Å². The molecular formula is C11H15NO4S. The molecular weight excluding hydrogens is 242 g/mol. The summed E-state index contributed by atoms with van der Waals surface area (Å²) in [4.78, 5) is 15.2. The van der Waals surface area contributed by atoms with Crippen LogP contribution in [0.25, 0.3) is 0 Å². The van der Waals surface area contributed by atoms with Crippen molar-refractivity contribution in [3.05, 3.63) is 29.6 Å². The zero-order chi connectivity index (χ0) is 12.7. The van der Waals surface area contributed by atoms with Gasteiger partial charge in [0.2, 0.25) is 0 Å². The molecule has 0 amide bonds. The van der Waals surface area contributed by atoms with Crippen LogP contribution in [0.4, 0.5) is 0 Å². The minimum absolute atomic E-state index is 0.366. The highest BCUT2D eigenvalue weighted by Crippen LogP contribution is 2.04. The van der Waals surface area contributed by atoms with Gasteiger partial charge in [-0.15, -0.1) is 0 Å². The van der Waals surface area contributed by atoms with E-state index in [0.29, 0.717) is 29.4 Å². The van der Waals surface area contributed by atoms with Crippen LogP contribution in [0, 0.1) is 0 Å². The van der Waals surface area contributed by atoms with Crippen molar-refractivity contribution in [2.24, 2.45) is 0 Å². The smallest absolute Gasteiger partial charge is 0.339 e. The average Bonchev–Trinajstić information content (AvgIpc) is 2.36. The Labute approximate surface area is 103 Å². The summed E-state index contributed by atoms with van der Waals surface area (Å²) in [5, 5.41) is 0. The summed E-state index contributed by atoms with van der Waals surface area (Å²) in [6.45, 7) is 0.465. The quantitative estimate of drug-likeness (QED) is 0.704. The van der Waals surface area contributed by atoms with Crippen LogP contribution in [0.3, 0.4) is 0 Å². The number of hydrogen-bond donors (Lipinski definition) is 0. The van der Waals surface area contributed by atoms with E-state index in [1.807, 2.05) is 0 Å². The molecule has 0 bridgehead atoms. The highest BCUT2D eigenvalue weighted by atomic mass is 32.2. The molecule has 1 heterocycles. The molecule has 0 aliphatic rings. The molecule has 0 aliphatic heterocycles. The molecule has 0 spiro atoms. The number of pyridine rings is 1. The number of rotatable bonds is 6. The Morgan fingerprint density at radius 3 is 2.71 bits per heavy atom. The molecule has 0 aromatic carbocycles. The van der Waals surface area contributed by atoms with E-state index in [4.69, 9.17) is 4.74 Å². The van der Waals surface area contributed by atoms with Crippen LogP contribution in [0.2, 0.25) is 0 Å². The third-order valence-electron chi connectivity index (χ3n) is 2.07. The Morgan fingerprint density at radius 2 is 2.18 bits per heavy atom.